The van der Waals surface area contributed by atoms with E-state index in [1.165, 1.54) is 0 Å². The first-order chi connectivity index (χ1) is 20.0. The summed E-state index contributed by atoms with van der Waals surface area (Å²) >= 11 is 0. The molecule has 10 nitrogen and oxygen atoms in total. The Balaban J connectivity index is 2.01. The number of carbonyl (C=O) groups excluding carboxylic acids is 2. The van der Waals surface area contributed by atoms with Crippen molar-refractivity contribution in [1.82, 2.24) is 14.7 Å². The number of ketones is 1. The molecule has 3 aliphatic rings. The summed E-state index contributed by atoms with van der Waals surface area (Å²) in [4.78, 5) is 34.7. The summed E-state index contributed by atoms with van der Waals surface area (Å²) < 4.78 is 25.1. The number of aliphatic hydroxyl groups is 1. The molecule has 3 aliphatic heterocycles. The van der Waals surface area contributed by atoms with E-state index in [0.717, 1.165) is 39.0 Å². The van der Waals surface area contributed by atoms with Crippen LogP contribution in [-0.2, 0) is 28.5 Å². The van der Waals surface area contributed by atoms with Gasteiger partial charge in [0.25, 0.3) is 0 Å². The first kappa shape index (κ1) is 36.3. The van der Waals surface area contributed by atoms with E-state index in [-0.39, 0.29) is 36.5 Å². The monoisotopic (exact) mass is 611 g/mol. The maximum Gasteiger partial charge on any atom is 0.319 e. The summed E-state index contributed by atoms with van der Waals surface area (Å²) in [7, 11) is 7.67. The number of cyclic esters (lactones) is 1. The van der Waals surface area contributed by atoms with Gasteiger partial charge in [0.2, 0.25) is 0 Å². The van der Waals surface area contributed by atoms with Crippen molar-refractivity contribution in [3.8, 4) is 0 Å². The van der Waals surface area contributed by atoms with Crippen molar-refractivity contribution in [1.29, 1.82) is 0 Å². The molecule has 0 aromatic heterocycles. The molecule has 3 heterocycles. The molecule has 0 aromatic rings. The average molecular weight is 612 g/mol. The highest BCUT2D eigenvalue weighted by Crippen LogP contribution is 2.39. The van der Waals surface area contributed by atoms with Gasteiger partial charge >= 0.3 is 5.97 Å². The number of carbonyl (C=O) groups is 2. The molecule has 0 spiro atoms. The Morgan fingerprint density at radius 3 is 2.28 bits per heavy atom. The lowest BCUT2D eigenvalue weighted by atomic mass is 9.74. The Bertz CT molecular complexity index is 924. The molecule has 3 saturated heterocycles. The van der Waals surface area contributed by atoms with Crippen LogP contribution in [-0.4, -0.2) is 135 Å². The van der Waals surface area contributed by atoms with Crippen molar-refractivity contribution >= 4 is 11.8 Å². The predicted octanol–water partition coefficient (Wildman–Crippen LogP) is 3.05. The smallest absolute Gasteiger partial charge is 0.319 e. The minimum absolute atomic E-state index is 0.0743. The minimum atomic E-state index is -1.39. The number of ether oxygens (including phenoxy) is 4. The van der Waals surface area contributed by atoms with Crippen molar-refractivity contribution < 1.29 is 33.6 Å². The van der Waals surface area contributed by atoms with E-state index in [2.05, 4.69) is 30.7 Å². The van der Waals surface area contributed by atoms with Crippen LogP contribution in [0.4, 0.5) is 0 Å². The molecule has 0 aromatic carbocycles. The topological polar surface area (TPSA) is 101 Å². The Morgan fingerprint density at radius 2 is 1.72 bits per heavy atom. The third-order valence-electron chi connectivity index (χ3n) is 10.5. The van der Waals surface area contributed by atoms with Crippen LogP contribution in [0.15, 0.2) is 0 Å². The van der Waals surface area contributed by atoms with Gasteiger partial charge in [-0.25, -0.2) is 0 Å². The summed E-state index contributed by atoms with van der Waals surface area (Å²) in [6.07, 6.45) is 0.579. The van der Waals surface area contributed by atoms with Crippen molar-refractivity contribution in [2.45, 2.75) is 116 Å². The van der Waals surface area contributed by atoms with Gasteiger partial charge in [-0.2, -0.15) is 0 Å². The van der Waals surface area contributed by atoms with Crippen LogP contribution in [0.1, 0.15) is 74.1 Å². The molecular formula is C33H61N3O7. The SMILES string of the molecule is CCN1C[C@H](C)C[C@@](C)(OC)[C@H](O[C@@H]2O[C@H](C)C[C@H](N(C)C)[C@H]2O)[C@@H](C)C(=O)C(C)(C)C(=O)OCC1C1CCN(C)CC1. The van der Waals surface area contributed by atoms with Gasteiger partial charge in [0.15, 0.2) is 12.1 Å². The number of Topliss-reactive ketones (excluding diaryl/α,β-unsaturated/α-hetero) is 1. The number of hydrogen-bond acceptors (Lipinski definition) is 10. The number of methoxy groups -OCH3 is 1. The van der Waals surface area contributed by atoms with Gasteiger partial charge in [-0.15, -0.1) is 0 Å². The van der Waals surface area contributed by atoms with Crippen LogP contribution in [0.3, 0.4) is 0 Å². The molecule has 0 saturated carbocycles. The number of rotatable bonds is 6. The number of likely N-dealkylation sites (tertiary alicyclic amines) is 1. The fourth-order valence-corrected chi connectivity index (χ4v) is 7.66. The second kappa shape index (κ2) is 15.0. The molecule has 10 heteroatoms. The van der Waals surface area contributed by atoms with Gasteiger partial charge in [-0.3, -0.25) is 14.5 Å². The van der Waals surface area contributed by atoms with E-state index in [9.17, 15) is 14.7 Å². The predicted molar refractivity (Wildman–Crippen MR) is 167 cm³/mol. The third-order valence-corrected chi connectivity index (χ3v) is 10.5. The number of aliphatic hydroxyl groups excluding tert-OH is 1. The highest BCUT2D eigenvalue weighted by atomic mass is 16.7. The van der Waals surface area contributed by atoms with Crippen molar-refractivity contribution in [2.24, 2.45) is 23.2 Å². The molecule has 3 rings (SSSR count). The third kappa shape index (κ3) is 8.37. The fraction of sp³-hybridized carbons (Fsp3) is 0.939. The van der Waals surface area contributed by atoms with Gasteiger partial charge in [-0.05, 0) is 106 Å². The second-order valence-corrected chi connectivity index (χ2v) is 14.6. The summed E-state index contributed by atoms with van der Waals surface area (Å²) in [6.45, 7) is 17.3. The van der Waals surface area contributed by atoms with Crippen LogP contribution < -0.4 is 0 Å². The van der Waals surface area contributed by atoms with Crippen LogP contribution in [0.25, 0.3) is 0 Å². The fourth-order valence-electron chi connectivity index (χ4n) is 7.66. The Kier molecular flexibility index (Phi) is 12.6. The normalized spacial score (nSPS) is 40.0. The van der Waals surface area contributed by atoms with Crippen LogP contribution in [0.5, 0.6) is 0 Å². The molecule has 0 radical (unpaired) electrons. The highest BCUT2D eigenvalue weighted by Gasteiger charge is 2.51. The van der Waals surface area contributed by atoms with Crippen LogP contribution in [0, 0.1) is 23.2 Å². The van der Waals surface area contributed by atoms with Gasteiger partial charge in [0.1, 0.15) is 18.1 Å². The molecule has 1 N–H and O–H groups in total. The molecule has 0 bridgehead atoms. The van der Waals surface area contributed by atoms with Crippen molar-refractivity contribution in [3.63, 3.8) is 0 Å². The summed E-state index contributed by atoms with van der Waals surface area (Å²) in [5.74, 6) is -0.942. The molecule has 250 valence electrons. The first-order valence-corrected chi connectivity index (χ1v) is 16.4. The van der Waals surface area contributed by atoms with Crippen molar-refractivity contribution in [3.05, 3.63) is 0 Å². The lowest BCUT2D eigenvalue weighted by Gasteiger charge is -2.47. The van der Waals surface area contributed by atoms with E-state index >= 15 is 0 Å². The molecule has 1 unspecified atom stereocenters. The second-order valence-electron chi connectivity index (χ2n) is 14.6. The zero-order chi connectivity index (χ0) is 32.3. The van der Waals surface area contributed by atoms with E-state index in [0.29, 0.717) is 18.8 Å². The Labute approximate surface area is 260 Å². The average Bonchev–Trinajstić information content (AvgIpc) is 2.95. The van der Waals surface area contributed by atoms with Gasteiger partial charge in [0.05, 0.1) is 17.8 Å². The number of esters is 1. The van der Waals surface area contributed by atoms with E-state index < -0.39 is 41.4 Å². The largest absolute Gasteiger partial charge is 0.463 e. The number of piperidine rings is 1. The minimum Gasteiger partial charge on any atom is -0.463 e. The molecular weight excluding hydrogens is 550 g/mol. The summed E-state index contributed by atoms with van der Waals surface area (Å²) in [5, 5.41) is 11.3. The van der Waals surface area contributed by atoms with Crippen LogP contribution >= 0.6 is 0 Å². The lowest BCUT2D eigenvalue weighted by Crippen LogP contribution is -2.59. The number of nitrogens with zero attached hydrogens (tertiary/aromatic N) is 3. The van der Waals surface area contributed by atoms with E-state index in [1.807, 2.05) is 32.8 Å². The first-order valence-electron chi connectivity index (χ1n) is 16.4. The zero-order valence-electron chi connectivity index (χ0n) is 28.8. The molecule has 9 atom stereocenters. The maximum atomic E-state index is 14.2. The van der Waals surface area contributed by atoms with Gasteiger partial charge in [0, 0.05) is 31.7 Å². The summed E-state index contributed by atoms with van der Waals surface area (Å²) in [6, 6.07) is -0.0893. The highest BCUT2D eigenvalue weighted by molar-refractivity contribution is 6.04. The number of likely N-dealkylation sites (N-methyl/N-ethyl adjacent to an activating group) is 2. The molecule has 0 amide bonds. The maximum absolute atomic E-state index is 14.2. The Hall–Kier alpha value is -1.14. The summed E-state index contributed by atoms with van der Waals surface area (Å²) in [5.41, 5.74) is -2.29. The van der Waals surface area contributed by atoms with E-state index in [1.54, 1.807) is 27.9 Å². The van der Waals surface area contributed by atoms with Crippen LogP contribution in [0.2, 0.25) is 0 Å². The van der Waals surface area contributed by atoms with Crippen molar-refractivity contribution in [2.75, 3.05) is 61.0 Å². The molecule has 3 fully saturated rings. The quantitative estimate of drug-likeness (QED) is 0.356. The molecule has 0 aliphatic carbocycles. The zero-order valence-corrected chi connectivity index (χ0v) is 28.8. The lowest BCUT2D eigenvalue weighted by molar-refractivity contribution is -0.295. The standard InChI is InChI=1S/C33H61N3O7/c1-12-36-19-21(2)18-33(7,40-11)29(43-30-27(37)25(34(8)9)17-22(3)42-30)23(4)28(38)32(5,6)31(39)41-20-26(36)24-13-15-35(10)16-14-24/h21-27,29-30,37H,12-20H2,1-11H3/t21-,22-,23+,25+,26?,27-,29-,30+,33-/m1/s1. The van der Waals surface area contributed by atoms with Gasteiger partial charge in [-0.1, -0.05) is 20.8 Å². The Morgan fingerprint density at radius 1 is 1.09 bits per heavy atom. The van der Waals surface area contributed by atoms with Gasteiger partial charge < -0.3 is 33.9 Å². The molecule has 43 heavy (non-hydrogen) atoms. The number of hydrogen-bond donors (Lipinski definition) is 1. The van der Waals surface area contributed by atoms with E-state index in [4.69, 9.17) is 18.9 Å².